The Morgan fingerprint density at radius 3 is 2.35 bits per heavy atom. The van der Waals surface area contributed by atoms with Crippen molar-refractivity contribution < 1.29 is 13.2 Å². The minimum Gasteiger partial charge on any atom is -0.348 e. The summed E-state index contributed by atoms with van der Waals surface area (Å²) in [4.78, 5) is 5.35. The number of nitrogens with zero attached hydrogens (tertiary/aromatic N) is 1. The van der Waals surface area contributed by atoms with Crippen LogP contribution < -0.4 is 5.32 Å². The van der Waals surface area contributed by atoms with Crippen LogP contribution in [0.5, 0.6) is 0 Å². The summed E-state index contributed by atoms with van der Waals surface area (Å²) in [6.45, 7) is 3.99. The topological polar surface area (TPSA) is 24.4 Å². The molecule has 0 spiro atoms. The van der Waals surface area contributed by atoms with Crippen LogP contribution >= 0.6 is 23.8 Å². The number of fused-ring (bicyclic) bond motifs is 1. The molecule has 1 atom stereocenters. The summed E-state index contributed by atoms with van der Waals surface area (Å²) in [5, 5.41) is 3.71. The van der Waals surface area contributed by atoms with Gasteiger partial charge in [0.25, 0.3) is 0 Å². The van der Waals surface area contributed by atoms with Gasteiger partial charge in [-0.25, -0.2) is 0 Å². The molecule has 0 saturated heterocycles. The van der Waals surface area contributed by atoms with Crippen LogP contribution in [-0.2, 0) is 6.18 Å². The van der Waals surface area contributed by atoms with E-state index in [1.807, 2.05) is 13.8 Å². The van der Waals surface area contributed by atoms with E-state index in [4.69, 9.17) is 28.8 Å². The van der Waals surface area contributed by atoms with E-state index < -0.39 is 11.7 Å². The molecule has 0 aromatic heterocycles. The molecular formula is C19H16ClF3N2S. The van der Waals surface area contributed by atoms with Crippen molar-refractivity contribution in [2.75, 3.05) is 5.32 Å². The van der Waals surface area contributed by atoms with Crippen molar-refractivity contribution in [3.8, 4) is 0 Å². The number of halogens is 4. The summed E-state index contributed by atoms with van der Waals surface area (Å²) >= 11 is 11.6. The number of alkyl halides is 3. The van der Waals surface area contributed by atoms with Crippen LogP contribution in [0, 0.1) is 5.92 Å². The summed E-state index contributed by atoms with van der Waals surface area (Å²) in [7, 11) is 0. The molecule has 0 fully saturated rings. The quantitative estimate of drug-likeness (QED) is 0.632. The number of hydrogen-bond acceptors (Lipinski definition) is 2. The second kappa shape index (κ2) is 7.00. The van der Waals surface area contributed by atoms with E-state index in [2.05, 4.69) is 5.32 Å². The zero-order valence-electron chi connectivity index (χ0n) is 14.1. The highest BCUT2D eigenvalue weighted by molar-refractivity contribution is 7.80. The van der Waals surface area contributed by atoms with E-state index in [-0.39, 0.29) is 12.0 Å². The van der Waals surface area contributed by atoms with Gasteiger partial charge in [0.15, 0.2) is 0 Å². The minimum atomic E-state index is -4.38. The first-order valence-electron chi connectivity index (χ1n) is 8.03. The molecule has 0 aliphatic carbocycles. The largest absolute Gasteiger partial charge is 0.416 e. The highest BCUT2D eigenvalue weighted by Gasteiger charge is 2.31. The Morgan fingerprint density at radius 1 is 1.12 bits per heavy atom. The average molecular weight is 397 g/mol. The normalized spacial score (nSPS) is 17.4. The monoisotopic (exact) mass is 396 g/mol. The highest BCUT2D eigenvalue weighted by Crippen LogP contribution is 2.32. The molecule has 0 radical (unpaired) electrons. The minimum absolute atomic E-state index is 0.129. The number of anilines is 1. The fourth-order valence-corrected chi connectivity index (χ4v) is 3.40. The lowest BCUT2D eigenvalue weighted by Crippen LogP contribution is -2.28. The van der Waals surface area contributed by atoms with Crippen LogP contribution in [0.1, 0.15) is 30.5 Å². The van der Waals surface area contributed by atoms with Crippen molar-refractivity contribution in [3.05, 3.63) is 64.2 Å². The van der Waals surface area contributed by atoms with Crippen molar-refractivity contribution >= 4 is 40.2 Å². The van der Waals surface area contributed by atoms with Crippen molar-refractivity contribution in [2.24, 2.45) is 10.9 Å². The molecule has 0 saturated carbocycles. The first kappa shape index (κ1) is 18.9. The standard InChI is InChI=1S/C19H16ClF3N2S/c1-10(2)16-18(26)24-15-8-7-13(20)9-14(15)17(25-16)11-3-5-12(6-4-11)19(21,22)23/h3-10,16H,1-2H3,(H,24,26)/t16-/m0/s1. The fourth-order valence-electron chi connectivity index (χ4n) is 2.79. The molecule has 2 nitrogen and oxygen atoms in total. The van der Waals surface area contributed by atoms with Gasteiger partial charge in [-0.2, -0.15) is 13.2 Å². The molecule has 1 aliphatic rings. The first-order chi connectivity index (χ1) is 12.2. The maximum Gasteiger partial charge on any atom is 0.416 e. The Balaban J connectivity index is 2.16. The predicted molar refractivity (Wildman–Crippen MR) is 103 cm³/mol. The number of nitrogens with one attached hydrogen (secondary N) is 1. The summed E-state index contributed by atoms with van der Waals surface area (Å²) in [6.07, 6.45) is -4.38. The molecule has 1 heterocycles. The van der Waals surface area contributed by atoms with Gasteiger partial charge in [-0.3, -0.25) is 4.99 Å². The summed E-state index contributed by atoms with van der Waals surface area (Å²) in [5.74, 6) is 0.129. The van der Waals surface area contributed by atoms with Crippen LogP contribution in [0.15, 0.2) is 47.5 Å². The Bertz CT molecular complexity index is 873. The van der Waals surface area contributed by atoms with Crippen LogP contribution in [0.2, 0.25) is 5.02 Å². The molecule has 26 heavy (non-hydrogen) atoms. The highest BCUT2D eigenvalue weighted by atomic mass is 35.5. The molecule has 0 unspecified atom stereocenters. The molecule has 7 heteroatoms. The maximum atomic E-state index is 12.9. The lowest BCUT2D eigenvalue weighted by molar-refractivity contribution is -0.137. The Hall–Kier alpha value is -1.92. The first-order valence-corrected chi connectivity index (χ1v) is 8.81. The zero-order chi connectivity index (χ0) is 19.1. The van der Waals surface area contributed by atoms with E-state index in [1.54, 1.807) is 18.2 Å². The summed E-state index contributed by atoms with van der Waals surface area (Å²) in [5.41, 5.74) is 1.90. The smallest absolute Gasteiger partial charge is 0.348 e. The van der Waals surface area contributed by atoms with Crippen molar-refractivity contribution in [1.82, 2.24) is 0 Å². The average Bonchev–Trinajstić information content (AvgIpc) is 2.70. The van der Waals surface area contributed by atoms with Gasteiger partial charge in [-0.15, -0.1) is 0 Å². The van der Waals surface area contributed by atoms with Gasteiger partial charge in [0.1, 0.15) is 11.0 Å². The fraction of sp³-hybridized carbons (Fsp3) is 0.263. The Morgan fingerprint density at radius 2 is 1.77 bits per heavy atom. The third kappa shape index (κ3) is 3.76. The van der Waals surface area contributed by atoms with Crippen molar-refractivity contribution in [3.63, 3.8) is 0 Å². The molecule has 0 bridgehead atoms. The lowest BCUT2D eigenvalue weighted by atomic mass is 9.99. The predicted octanol–water partition coefficient (Wildman–Crippen LogP) is 5.97. The maximum absolute atomic E-state index is 12.9. The van der Waals surface area contributed by atoms with E-state index >= 15 is 0 Å². The number of hydrogen-bond donors (Lipinski definition) is 1. The molecule has 0 amide bonds. The van der Waals surface area contributed by atoms with Gasteiger partial charge in [-0.1, -0.05) is 49.8 Å². The Labute approximate surface area is 160 Å². The Kier molecular flexibility index (Phi) is 5.08. The van der Waals surface area contributed by atoms with Gasteiger partial charge in [0.2, 0.25) is 0 Å². The molecule has 2 aromatic rings. The number of benzene rings is 2. The van der Waals surface area contributed by atoms with E-state index in [9.17, 15) is 13.2 Å². The molecule has 136 valence electrons. The molecule has 1 aliphatic heterocycles. The third-order valence-electron chi connectivity index (χ3n) is 4.15. The van der Waals surface area contributed by atoms with Gasteiger partial charge in [0, 0.05) is 21.8 Å². The van der Waals surface area contributed by atoms with E-state index in [1.165, 1.54) is 12.1 Å². The number of benzodiazepines with no additional fused rings is 1. The van der Waals surface area contributed by atoms with Crippen LogP contribution in [0.4, 0.5) is 18.9 Å². The zero-order valence-corrected chi connectivity index (χ0v) is 15.6. The summed E-state index contributed by atoms with van der Waals surface area (Å²) in [6, 6.07) is 9.96. The number of rotatable bonds is 2. The van der Waals surface area contributed by atoms with Crippen LogP contribution in [-0.4, -0.2) is 16.7 Å². The lowest BCUT2D eigenvalue weighted by Gasteiger charge is -2.17. The molecule has 3 rings (SSSR count). The molecular weight excluding hydrogens is 381 g/mol. The van der Waals surface area contributed by atoms with Crippen molar-refractivity contribution in [1.29, 1.82) is 0 Å². The van der Waals surface area contributed by atoms with Crippen LogP contribution in [0.25, 0.3) is 0 Å². The number of thiocarbonyl (C=S) groups is 1. The molecule has 1 N–H and O–H groups in total. The van der Waals surface area contributed by atoms with Gasteiger partial charge < -0.3 is 5.32 Å². The van der Waals surface area contributed by atoms with E-state index in [0.717, 1.165) is 17.8 Å². The van der Waals surface area contributed by atoms with Gasteiger partial charge >= 0.3 is 6.18 Å². The third-order valence-corrected chi connectivity index (χ3v) is 4.73. The van der Waals surface area contributed by atoms with Crippen molar-refractivity contribution in [2.45, 2.75) is 26.1 Å². The summed E-state index contributed by atoms with van der Waals surface area (Å²) < 4.78 is 38.6. The second-order valence-electron chi connectivity index (χ2n) is 6.42. The SMILES string of the molecule is CC(C)[C@@H]1N=C(c2ccc(C(F)(F)F)cc2)c2cc(Cl)ccc2NC1=S. The number of aliphatic imine (C=N–C) groups is 1. The van der Waals surface area contributed by atoms with E-state index in [0.29, 0.717) is 26.8 Å². The van der Waals surface area contributed by atoms with Crippen LogP contribution in [0.3, 0.4) is 0 Å². The van der Waals surface area contributed by atoms with Gasteiger partial charge in [-0.05, 0) is 36.2 Å². The molecule has 2 aromatic carbocycles. The second-order valence-corrected chi connectivity index (χ2v) is 7.30. The van der Waals surface area contributed by atoms with Gasteiger partial charge in [0.05, 0.1) is 11.3 Å².